The molecular formula is C43H56O4S2. The van der Waals surface area contributed by atoms with E-state index in [4.69, 9.17) is 30.0 Å². The zero-order chi connectivity index (χ0) is 35.1. The molecule has 4 nitrogen and oxygen atoms in total. The van der Waals surface area contributed by atoms with E-state index in [1.54, 1.807) is 12.5 Å². The molecule has 0 bridgehead atoms. The van der Waals surface area contributed by atoms with Crippen LogP contribution in [0.25, 0.3) is 22.6 Å². The van der Waals surface area contributed by atoms with Crippen molar-refractivity contribution in [3.05, 3.63) is 83.3 Å². The highest BCUT2D eigenvalue weighted by Gasteiger charge is 2.34. The number of benzene rings is 2. The predicted molar refractivity (Wildman–Crippen MR) is 213 cm³/mol. The van der Waals surface area contributed by atoms with Gasteiger partial charge in [0.15, 0.2) is 0 Å². The van der Waals surface area contributed by atoms with Gasteiger partial charge in [0, 0.05) is 47.0 Å². The van der Waals surface area contributed by atoms with E-state index in [9.17, 15) is 0 Å². The van der Waals surface area contributed by atoms with Crippen LogP contribution in [0.2, 0.25) is 0 Å². The summed E-state index contributed by atoms with van der Waals surface area (Å²) in [5, 5.41) is 0.987. The van der Waals surface area contributed by atoms with Gasteiger partial charge in [-0.25, -0.2) is 0 Å². The van der Waals surface area contributed by atoms with E-state index in [0.29, 0.717) is 10.5 Å². The molecule has 4 atom stereocenters. The molecule has 1 aliphatic carbocycles. The number of hydrogen-bond donors (Lipinski definition) is 0. The second-order valence-corrected chi connectivity index (χ2v) is 20.5. The van der Waals surface area contributed by atoms with Gasteiger partial charge in [-0.2, -0.15) is 21.0 Å². The third kappa shape index (κ3) is 8.01. The molecule has 0 spiro atoms. The maximum absolute atomic E-state index is 7.15. The predicted octanol–water partition coefficient (Wildman–Crippen LogP) is 12.5. The minimum atomic E-state index is -1.03. The molecule has 1 aliphatic heterocycles. The van der Waals surface area contributed by atoms with Crippen LogP contribution in [0.3, 0.4) is 0 Å². The molecule has 0 radical (unpaired) electrons. The molecule has 2 aromatic heterocycles. The molecule has 2 aliphatic rings. The van der Waals surface area contributed by atoms with Crippen LogP contribution < -0.4 is 9.47 Å². The van der Waals surface area contributed by atoms with Crippen molar-refractivity contribution < 1.29 is 18.3 Å². The van der Waals surface area contributed by atoms with Crippen LogP contribution in [0.4, 0.5) is 0 Å². The van der Waals surface area contributed by atoms with Gasteiger partial charge < -0.3 is 18.3 Å². The summed E-state index contributed by atoms with van der Waals surface area (Å²) in [5.41, 5.74) is 6.65. The van der Waals surface area contributed by atoms with Gasteiger partial charge in [-0.1, -0.05) is 91.1 Å². The monoisotopic (exact) mass is 700 g/mol. The highest BCUT2D eigenvalue weighted by Crippen LogP contribution is 2.49. The lowest BCUT2D eigenvalue weighted by Crippen LogP contribution is -2.36. The molecule has 1 saturated carbocycles. The Bertz CT molecular complexity index is 1670. The Kier molecular flexibility index (Phi) is 10.2. The van der Waals surface area contributed by atoms with Gasteiger partial charge in [0.25, 0.3) is 0 Å². The van der Waals surface area contributed by atoms with E-state index in [2.05, 4.69) is 65.8 Å². The van der Waals surface area contributed by atoms with Crippen LogP contribution >= 0.6 is 21.0 Å². The highest BCUT2D eigenvalue weighted by molar-refractivity contribution is 8.17. The zero-order valence-electron chi connectivity index (χ0n) is 30.9. The fourth-order valence-electron chi connectivity index (χ4n) is 7.23. The Morgan fingerprint density at radius 3 is 1.39 bits per heavy atom. The summed E-state index contributed by atoms with van der Waals surface area (Å²) in [6.45, 7) is 17.7. The number of fused-ring (bicyclic) bond motifs is 3. The quantitative estimate of drug-likeness (QED) is 0.195. The van der Waals surface area contributed by atoms with Crippen LogP contribution in [0.1, 0.15) is 116 Å². The van der Waals surface area contributed by atoms with Crippen molar-refractivity contribution in [2.24, 2.45) is 0 Å². The van der Waals surface area contributed by atoms with Crippen molar-refractivity contribution in [2.75, 3.05) is 0 Å². The lowest BCUT2D eigenvalue weighted by Gasteiger charge is -2.34. The largest absolute Gasteiger partial charge is 0.464 e. The van der Waals surface area contributed by atoms with Gasteiger partial charge in [-0.05, 0) is 71.2 Å². The SMILES string of the molecule is C=S1Cc2cc(C(C)(C)C)cc(-c3ccco3)c2OC(C)(C)Oc2c(cc(C(C)(C)C)cc2-c2ccco2)CS(=C)C2CCCCCCC21. The fourth-order valence-corrected chi connectivity index (χ4v) is 12.0. The molecule has 4 aromatic rings. The van der Waals surface area contributed by atoms with E-state index in [-0.39, 0.29) is 31.8 Å². The summed E-state index contributed by atoms with van der Waals surface area (Å²) in [4.78, 5) is 0. The molecule has 6 heteroatoms. The third-order valence-corrected chi connectivity index (χ3v) is 14.4. The van der Waals surface area contributed by atoms with Gasteiger partial charge in [-0.15, -0.1) is 0 Å². The van der Waals surface area contributed by atoms with E-state index in [0.717, 1.165) is 45.7 Å². The molecule has 2 aromatic carbocycles. The van der Waals surface area contributed by atoms with Crippen LogP contribution in [0.5, 0.6) is 11.5 Å². The normalized spacial score (nSPS) is 23.5. The molecule has 0 amide bonds. The van der Waals surface area contributed by atoms with Crippen LogP contribution in [-0.4, -0.2) is 28.0 Å². The average molecular weight is 701 g/mol. The standard InChI is InChI=1S/C43H56O4S2/c1-41(2,3)31-23-29-27-48(9)37-19-13-11-12-14-20-38(37)49(10)28-30-24-32(42(4,5)6)26-34(36-18-16-22-45-36)40(30)47-43(7,8)46-39(29)33(25-31)35-17-15-21-44-35/h15-18,21-26,37-38H,9-14,19-20,27-28H2,1-8H3. The van der Waals surface area contributed by atoms with E-state index >= 15 is 0 Å². The Morgan fingerprint density at radius 2 is 1.04 bits per heavy atom. The summed E-state index contributed by atoms with van der Waals surface area (Å²) in [5.74, 6) is 13.8. The third-order valence-electron chi connectivity index (χ3n) is 10.0. The second kappa shape index (κ2) is 14.0. The van der Waals surface area contributed by atoms with Crippen molar-refractivity contribution in [3.63, 3.8) is 0 Å². The summed E-state index contributed by atoms with van der Waals surface area (Å²) in [7, 11) is -0.287. The molecule has 3 heterocycles. The molecular weight excluding hydrogens is 645 g/mol. The first-order valence-electron chi connectivity index (χ1n) is 17.9. The minimum absolute atomic E-state index is 0.0619. The van der Waals surface area contributed by atoms with Crippen molar-refractivity contribution in [3.8, 4) is 34.1 Å². The van der Waals surface area contributed by atoms with Crippen LogP contribution in [0, 0.1) is 0 Å². The lowest BCUT2D eigenvalue weighted by molar-refractivity contribution is -0.0812. The van der Waals surface area contributed by atoms with E-state index in [1.807, 2.05) is 38.1 Å². The summed E-state index contributed by atoms with van der Waals surface area (Å²) in [6.07, 6.45) is 11.0. The first-order chi connectivity index (χ1) is 23.1. The number of rotatable bonds is 2. The topological polar surface area (TPSA) is 44.7 Å². The van der Waals surface area contributed by atoms with Crippen molar-refractivity contribution >= 4 is 32.7 Å². The van der Waals surface area contributed by atoms with Crippen LogP contribution in [0.15, 0.2) is 69.9 Å². The van der Waals surface area contributed by atoms with Crippen molar-refractivity contribution in [1.82, 2.24) is 0 Å². The number of ether oxygens (including phenoxy) is 2. The molecule has 1 fully saturated rings. The Morgan fingerprint density at radius 1 is 0.633 bits per heavy atom. The zero-order valence-corrected chi connectivity index (χ0v) is 32.6. The Labute approximate surface area is 299 Å². The van der Waals surface area contributed by atoms with Gasteiger partial charge in [0.1, 0.15) is 23.0 Å². The summed E-state index contributed by atoms with van der Waals surface area (Å²) in [6, 6.07) is 17.2. The maximum Gasteiger partial charge on any atom is 0.245 e. The first-order valence-corrected chi connectivity index (χ1v) is 21.2. The summed E-state index contributed by atoms with van der Waals surface area (Å²) < 4.78 is 26.5. The minimum Gasteiger partial charge on any atom is -0.464 e. The molecule has 0 N–H and O–H groups in total. The first kappa shape index (κ1) is 35.9. The number of hydrogen-bond acceptors (Lipinski definition) is 4. The Balaban J connectivity index is 1.61. The number of furan rings is 2. The molecule has 264 valence electrons. The van der Waals surface area contributed by atoms with Gasteiger partial charge in [0.05, 0.1) is 23.7 Å². The molecule has 4 unspecified atom stereocenters. The Hall–Kier alpha value is -2.96. The van der Waals surface area contributed by atoms with Gasteiger partial charge in [0.2, 0.25) is 5.79 Å². The maximum atomic E-state index is 7.15. The van der Waals surface area contributed by atoms with E-state index in [1.165, 1.54) is 60.8 Å². The summed E-state index contributed by atoms with van der Waals surface area (Å²) >= 11 is 0. The molecule has 6 rings (SSSR count). The fraction of sp³-hybridized carbons (Fsp3) is 0.488. The smallest absolute Gasteiger partial charge is 0.245 e. The highest BCUT2D eigenvalue weighted by atomic mass is 32.2. The van der Waals surface area contributed by atoms with Gasteiger partial charge in [-0.3, -0.25) is 0 Å². The average Bonchev–Trinajstić information content (AvgIpc) is 3.72. The lowest BCUT2D eigenvalue weighted by atomic mass is 9.84. The van der Waals surface area contributed by atoms with Crippen molar-refractivity contribution in [1.29, 1.82) is 0 Å². The van der Waals surface area contributed by atoms with Crippen molar-refractivity contribution in [2.45, 2.75) is 133 Å². The van der Waals surface area contributed by atoms with Gasteiger partial charge >= 0.3 is 0 Å². The van der Waals surface area contributed by atoms with Crippen LogP contribution in [-0.2, 0) is 22.3 Å². The molecule has 49 heavy (non-hydrogen) atoms. The van der Waals surface area contributed by atoms with E-state index < -0.39 is 5.79 Å². The second-order valence-electron chi connectivity index (χ2n) is 16.5. The molecule has 0 saturated heterocycles.